The van der Waals surface area contributed by atoms with Gasteiger partial charge in [-0.1, -0.05) is 0 Å². The lowest BCUT2D eigenvalue weighted by Crippen LogP contribution is -2.02. The average Bonchev–Trinajstić information content (AvgIpc) is 2.86. The molecule has 0 spiro atoms. The molecule has 3 aromatic heterocycles. The van der Waals surface area contributed by atoms with Gasteiger partial charge in [0.25, 0.3) is 0 Å². The van der Waals surface area contributed by atoms with E-state index < -0.39 is 0 Å². The monoisotopic (exact) mass is 214 g/mol. The lowest BCUT2D eigenvalue weighted by atomic mass is 10.5. The molecule has 0 atom stereocenters. The third-order valence-corrected chi connectivity index (χ3v) is 2.42. The van der Waals surface area contributed by atoms with Gasteiger partial charge in [-0.3, -0.25) is 4.40 Å². The van der Waals surface area contributed by atoms with Crippen molar-refractivity contribution in [1.29, 1.82) is 0 Å². The first kappa shape index (κ1) is 9.02. The van der Waals surface area contributed by atoms with E-state index in [1.165, 1.54) is 0 Å². The Balaban J connectivity index is 2.31. The van der Waals surface area contributed by atoms with Crippen molar-refractivity contribution in [1.82, 2.24) is 29.4 Å². The second-order valence-corrected chi connectivity index (χ2v) is 3.59. The Morgan fingerprint density at radius 2 is 2.00 bits per heavy atom. The minimum Gasteiger partial charge on any atom is -0.282 e. The number of nitrogens with zero attached hydrogens (tertiary/aromatic N) is 6. The molecule has 0 aliphatic heterocycles. The van der Waals surface area contributed by atoms with Crippen LogP contribution in [0.25, 0.3) is 11.5 Å². The van der Waals surface area contributed by atoms with Crippen molar-refractivity contribution in [3.05, 3.63) is 36.2 Å². The topological polar surface area (TPSA) is 60.9 Å². The van der Waals surface area contributed by atoms with Crippen LogP contribution in [0.15, 0.2) is 24.7 Å². The van der Waals surface area contributed by atoms with Crippen molar-refractivity contribution in [2.24, 2.45) is 0 Å². The summed E-state index contributed by atoms with van der Waals surface area (Å²) < 4.78 is 3.60. The van der Waals surface area contributed by atoms with Crippen LogP contribution in [0.1, 0.15) is 11.5 Å². The highest BCUT2D eigenvalue weighted by Crippen LogP contribution is 2.11. The molecule has 3 rings (SSSR count). The van der Waals surface area contributed by atoms with Gasteiger partial charge in [0.15, 0.2) is 5.82 Å². The number of aryl methyl sites for hydroxylation is 2. The van der Waals surface area contributed by atoms with Gasteiger partial charge in [0, 0.05) is 18.6 Å². The fourth-order valence-electron chi connectivity index (χ4n) is 1.62. The van der Waals surface area contributed by atoms with E-state index in [1.54, 1.807) is 10.9 Å². The molecule has 0 radical (unpaired) electrons. The van der Waals surface area contributed by atoms with Crippen molar-refractivity contribution in [2.45, 2.75) is 13.8 Å². The zero-order valence-corrected chi connectivity index (χ0v) is 8.99. The molecule has 0 N–H and O–H groups in total. The van der Waals surface area contributed by atoms with Crippen LogP contribution in [0.4, 0.5) is 0 Å². The Morgan fingerprint density at radius 1 is 1.12 bits per heavy atom. The van der Waals surface area contributed by atoms with Gasteiger partial charge in [-0.2, -0.15) is 5.10 Å². The number of aromatic nitrogens is 6. The Labute approximate surface area is 91.6 Å². The molecule has 0 fully saturated rings. The number of fused-ring (bicyclic) bond motifs is 1. The maximum absolute atomic E-state index is 4.31. The molecule has 6 nitrogen and oxygen atoms in total. The summed E-state index contributed by atoms with van der Waals surface area (Å²) in [6.07, 6.45) is 5.42. The van der Waals surface area contributed by atoms with E-state index in [2.05, 4.69) is 20.3 Å². The predicted molar refractivity (Wildman–Crippen MR) is 57.4 cm³/mol. The van der Waals surface area contributed by atoms with E-state index in [0.717, 1.165) is 11.5 Å². The van der Waals surface area contributed by atoms with Crippen LogP contribution in [0, 0.1) is 13.8 Å². The molecule has 80 valence electrons. The Morgan fingerprint density at radius 3 is 2.75 bits per heavy atom. The summed E-state index contributed by atoms with van der Waals surface area (Å²) in [5, 5.41) is 12.4. The smallest absolute Gasteiger partial charge is 0.206 e. The van der Waals surface area contributed by atoms with Crippen molar-refractivity contribution in [2.75, 3.05) is 0 Å². The van der Waals surface area contributed by atoms with Gasteiger partial charge in [0.05, 0.1) is 5.69 Å². The van der Waals surface area contributed by atoms with Crippen molar-refractivity contribution in [3.63, 3.8) is 0 Å². The van der Waals surface area contributed by atoms with Gasteiger partial charge in [0.2, 0.25) is 5.65 Å². The normalized spacial score (nSPS) is 11.1. The predicted octanol–water partition coefficient (Wildman–Crippen LogP) is 0.927. The molecule has 0 saturated heterocycles. The van der Waals surface area contributed by atoms with E-state index >= 15 is 0 Å². The van der Waals surface area contributed by atoms with Crippen LogP contribution in [0.5, 0.6) is 0 Å². The van der Waals surface area contributed by atoms with Crippen molar-refractivity contribution in [3.8, 4) is 5.82 Å². The highest BCUT2D eigenvalue weighted by Gasteiger charge is 2.09. The average molecular weight is 214 g/mol. The first-order valence-electron chi connectivity index (χ1n) is 4.95. The second-order valence-electron chi connectivity index (χ2n) is 3.59. The molecule has 0 bridgehead atoms. The van der Waals surface area contributed by atoms with Crippen LogP contribution in [0.3, 0.4) is 0 Å². The largest absolute Gasteiger partial charge is 0.282 e. The van der Waals surface area contributed by atoms with Crippen LogP contribution in [-0.2, 0) is 0 Å². The van der Waals surface area contributed by atoms with Crippen LogP contribution in [-0.4, -0.2) is 29.4 Å². The summed E-state index contributed by atoms with van der Waals surface area (Å²) in [6.45, 7) is 3.84. The standard InChI is InChI=1S/C10H10N6/c1-7-3-5-16(14-7)9-10-13-12-8(2)15(10)6-4-11-9/h3-6H,1-2H3. The van der Waals surface area contributed by atoms with E-state index in [0.29, 0.717) is 11.5 Å². The van der Waals surface area contributed by atoms with Crippen LogP contribution >= 0.6 is 0 Å². The number of hydrogen-bond donors (Lipinski definition) is 0. The lowest BCUT2D eigenvalue weighted by Gasteiger charge is -2.01. The summed E-state index contributed by atoms with van der Waals surface area (Å²) in [5.41, 5.74) is 1.66. The van der Waals surface area contributed by atoms with Crippen molar-refractivity contribution >= 4 is 5.65 Å². The quantitative estimate of drug-likeness (QED) is 0.604. The lowest BCUT2D eigenvalue weighted by molar-refractivity contribution is 0.826. The fraction of sp³-hybridized carbons (Fsp3) is 0.200. The molecule has 0 aliphatic carbocycles. The third-order valence-electron chi connectivity index (χ3n) is 2.42. The minimum atomic E-state index is 0.691. The van der Waals surface area contributed by atoms with E-state index in [-0.39, 0.29) is 0 Å². The highest BCUT2D eigenvalue weighted by atomic mass is 15.3. The molecule has 0 amide bonds. The third kappa shape index (κ3) is 1.19. The maximum atomic E-state index is 4.31. The Bertz CT molecular complexity index is 650. The summed E-state index contributed by atoms with van der Waals surface area (Å²) in [4.78, 5) is 4.28. The highest BCUT2D eigenvalue weighted by molar-refractivity contribution is 5.53. The second kappa shape index (κ2) is 3.13. The molecule has 0 aliphatic rings. The molecule has 3 aromatic rings. The summed E-state index contributed by atoms with van der Waals surface area (Å²) >= 11 is 0. The summed E-state index contributed by atoms with van der Waals surface area (Å²) in [7, 11) is 0. The first-order valence-corrected chi connectivity index (χ1v) is 4.95. The van der Waals surface area contributed by atoms with E-state index in [4.69, 9.17) is 0 Å². The van der Waals surface area contributed by atoms with Crippen molar-refractivity contribution < 1.29 is 0 Å². The molecule has 0 saturated carbocycles. The van der Waals surface area contributed by atoms with Gasteiger partial charge in [-0.15, -0.1) is 10.2 Å². The van der Waals surface area contributed by atoms with Crippen LogP contribution < -0.4 is 0 Å². The first-order chi connectivity index (χ1) is 7.75. The Kier molecular flexibility index (Phi) is 1.76. The molecule has 16 heavy (non-hydrogen) atoms. The zero-order valence-electron chi connectivity index (χ0n) is 8.99. The van der Waals surface area contributed by atoms with Gasteiger partial charge in [0.1, 0.15) is 5.82 Å². The van der Waals surface area contributed by atoms with E-state index in [9.17, 15) is 0 Å². The number of hydrogen-bond acceptors (Lipinski definition) is 4. The van der Waals surface area contributed by atoms with Gasteiger partial charge in [-0.05, 0) is 19.9 Å². The summed E-state index contributed by atoms with van der Waals surface area (Å²) in [5.74, 6) is 1.53. The number of rotatable bonds is 1. The van der Waals surface area contributed by atoms with Gasteiger partial charge in [-0.25, -0.2) is 9.67 Å². The molecule has 0 aromatic carbocycles. The fourth-order valence-corrected chi connectivity index (χ4v) is 1.62. The molecule has 0 unspecified atom stereocenters. The molecule has 6 heteroatoms. The minimum absolute atomic E-state index is 0.691. The Hall–Kier alpha value is -2.24. The SMILES string of the molecule is Cc1ccn(-c2nccn3c(C)nnc23)n1. The molecular weight excluding hydrogens is 204 g/mol. The van der Waals surface area contributed by atoms with Crippen LogP contribution in [0.2, 0.25) is 0 Å². The van der Waals surface area contributed by atoms with Gasteiger partial charge < -0.3 is 0 Å². The zero-order chi connectivity index (χ0) is 11.1. The van der Waals surface area contributed by atoms with Gasteiger partial charge >= 0.3 is 0 Å². The molecular formula is C10H10N6. The molecule has 3 heterocycles. The summed E-state index contributed by atoms with van der Waals surface area (Å²) in [6, 6.07) is 1.93. The maximum Gasteiger partial charge on any atom is 0.206 e. The van der Waals surface area contributed by atoms with E-state index in [1.807, 2.05) is 36.7 Å².